The van der Waals surface area contributed by atoms with Crippen LogP contribution >= 0.6 is 11.8 Å². The van der Waals surface area contributed by atoms with E-state index in [4.69, 9.17) is 9.32 Å². The van der Waals surface area contributed by atoms with E-state index in [-0.39, 0.29) is 29.6 Å². The van der Waals surface area contributed by atoms with Crippen molar-refractivity contribution in [1.29, 1.82) is 0 Å². The van der Waals surface area contributed by atoms with Crippen molar-refractivity contribution in [3.05, 3.63) is 54.0 Å². The summed E-state index contributed by atoms with van der Waals surface area (Å²) in [4.78, 5) is 25.9. The first-order valence-electron chi connectivity index (χ1n) is 10.4. The summed E-state index contributed by atoms with van der Waals surface area (Å²) in [5, 5.41) is 8.93. The van der Waals surface area contributed by atoms with Gasteiger partial charge in [0, 0.05) is 17.5 Å². The Balaban J connectivity index is 1.36. The summed E-state index contributed by atoms with van der Waals surface area (Å²) in [7, 11) is -3.94. The second kappa shape index (κ2) is 10.1. The van der Waals surface area contributed by atoms with E-state index >= 15 is 0 Å². The van der Waals surface area contributed by atoms with Gasteiger partial charge in [0.25, 0.3) is 0 Å². The van der Waals surface area contributed by atoms with Crippen molar-refractivity contribution in [2.24, 2.45) is 16.0 Å². The van der Waals surface area contributed by atoms with Gasteiger partial charge in [0.1, 0.15) is 17.2 Å². The predicted molar refractivity (Wildman–Crippen MR) is 124 cm³/mol. The van der Waals surface area contributed by atoms with Gasteiger partial charge in [-0.3, -0.25) is 14.0 Å². The molecule has 0 amide bonds. The fraction of sp³-hybridized carbons (Fsp3) is 0.429. The van der Waals surface area contributed by atoms with Crippen molar-refractivity contribution in [3.8, 4) is 0 Å². The number of hydrogen-bond acceptors (Lipinski definition) is 9. The molecule has 4 rings (SSSR count). The summed E-state index contributed by atoms with van der Waals surface area (Å²) >= 11 is 1.50. The lowest BCUT2D eigenvalue weighted by Gasteiger charge is -2.16. The molecule has 2 aromatic rings. The number of carbonyl (C=O) groups is 1. The maximum atomic E-state index is 13.1. The van der Waals surface area contributed by atoms with Gasteiger partial charge in [-0.2, -0.15) is 8.42 Å². The van der Waals surface area contributed by atoms with Gasteiger partial charge in [0.15, 0.2) is 0 Å². The van der Waals surface area contributed by atoms with Crippen LogP contribution in [0.25, 0.3) is 0 Å². The molecule has 1 aliphatic heterocycles. The van der Waals surface area contributed by atoms with Crippen molar-refractivity contribution >= 4 is 38.7 Å². The molecule has 1 aromatic carbocycles. The Morgan fingerprint density at radius 2 is 2.06 bits per heavy atom. The van der Waals surface area contributed by atoms with Gasteiger partial charge in [-0.1, -0.05) is 42.1 Å². The van der Waals surface area contributed by atoms with Gasteiger partial charge in [0.2, 0.25) is 5.78 Å². The molecule has 9 nitrogen and oxygen atoms in total. The third-order valence-corrected chi connectivity index (χ3v) is 7.18. The average molecular weight is 476 g/mol. The first-order valence-corrected chi connectivity index (χ1v) is 12.8. The molecule has 0 spiro atoms. The lowest BCUT2D eigenvalue weighted by molar-refractivity contribution is 0.106. The number of anilines is 1. The number of carbonyl (C=O) groups excluding carboxylic acids is 1. The van der Waals surface area contributed by atoms with Crippen LogP contribution in [-0.4, -0.2) is 53.7 Å². The number of Topliss-reactive ketones (excluding diaryl/α,β-unsaturated/α-hetero) is 1. The van der Waals surface area contributed by atoms with Crippen molar-refractivity contribution in [2.75, 3.05) is 18.5 Å². The van der Waals surface area contributed by atoms with Crippen LogP contribution in [0.3, 0.4) is 0 Å². The van der Waals surface area contributed by atoms with Crippen LogP contribution in [0.15, 0.2) is 47.8 Å². The van der Waals surface area contributed by atoms with Crippen LogP contribution in [0, 0.1) is 5.92 Å². The Kier molecular flexibility index (Phi) is 7.19. The second-order valence-electron chi connectivity index (χ2n) is 7.99. The molecule has 11 heteroatoms. The van der Waals surface area contributed by atoms with Crippen molar-refractivity contribution in [2.45, 2.75) is 37.0 Å². The second-order valence-corrected chi connectivity index (χ2v) is 10.5. The molecule has 1 aliphatic carbocycles. The summed E-state index contributed by atoms with van der Waals surface area (Å²) in [6, 6.07) is 10.2. The summed E-state index contributed by atoms with van der Waals surface area (Å²) in [6.07, 6.45) is 6.07. The normalized spacial score (nSPS) is 23.2. The predicted octanol–water partition coefficient (Wildman–Crippen LogP) is 2.22. The van der Waals surface area contributed by atoms with Crippen molar-refractivity contribution in [3.63, 3.8) is 0 Å². The number of nitrogens with zero attached hydrogens (tertiary/aromatic N) is 3. The molecule has 0 saturated heterocycles. The van der Waals surface area contributed by atoms with Crippen molar-refractivity contribution < 1.29 is 17.4 Å². The molecule has 0 radical (unpaired) electrons. The third kappa shape index (κ3) is 6.12. The van der Waals surface area contributed by atoms with Gasteiger partial charge < -0.3 is 5.32 Å². The number of rotatable bonds is 9. The van der Waals surface area contributed by atoms with Gasteiger partial charge >= 0.3 is 10.3 Å². The summed E-state index contributed by atoms with van der Waals surface area (Å²) in [5.74, 6) is 0.360. The van der Waals surface area contributed by atoms with Gasteiger partial charge in [0.05, 0.1) is 18.7 Å². The van der Waals surface area contributed by atoms with E-state index in [1.165, 1.54) is 29.8 Å². The Morgan fingerprint density at radius 1 is 1.25 bits per heavy atom. The Bertz CT molecular complexity index is 1090. The molecule has 1 saturated carbocycles. The lowest BCUT2D eigenvalue weighted by atomic mass is 10.1. The highest BCUT2D eigenvalue weighted by Crippen LogP contribution is 2.31. The highest BCUT2D eigenvalue weighted by atomic mass is 32.2. The van der Waals surface area contributed by atoms with Gasteiger partial charge in [-0.05, 0) is 37.2 Å². The molecule has 1 unspecified atom stereocenters. The zero-order valence-electron chi connectivity index (χ0n) is 17.4. The van der Waals surface area contributed by atoms with Crippen LogP contribution in [0.4, 0.5) is 5.82 Å². The van der Waals surface area contributed by atoms with Crippen LogP contribution in [0.5, 0.6) is 0 Å². The van der Waals surface area contributed by atoms with E-state index in [0.29, 0.717) is 29.4 Å². The molecule has 1 aromatic heterocycles. The van der Waals surface area contributed by atoms with E-state index in [1.807, 2.05) is 18.2 Å². The topological polar surface area (TPSA) is 137 Å². The fourth-order valence-electron chi connectivity index (χ4n) is 3.99. The zero-order chi connectivity index (χ0) is 22.6. The van der Waals surface area contributed by atoms with Crippen molar-refractivity contribution in [1.82, 2.24) is 9.97 Å². The number of hydrogen-bond donors (Lipinski definition) is 2. The Hall–Kier alpha value is -2.34. The number of nitrogens with two attached hydrogens (primary N) is 1. The highest BCUT2D eigenvalue weighted by Gasteiger charge is 2.30. The molecule has 2 aliphatic rings. The number of aliphatic imine (C=N–C) groups is 1. The SMILES string of the molecule is NS(=O)(=O)OC[C@@H]1CC[C@H](Nc2ncncc2C(=O)C2=NCC(Cc3ccccc3)S2)C1. The fourth-order valence-corrected chi connectivity index (χ4v) is 5.48. The zero-order valence-corrected chi connectivity index (χ0v) is 19.0. The maximum absolute atomic E-state index is 13.1. The summed E-state index contributed by atoms with van der Waals surface area (Å²) in [6.45, 7) is 0.661. The monoisotopic (exact) mass is 475 g/mol. The number of nitrogens with one attached hydrogen (secondary N) is 1. The molecule has 32 heavy (non-hydrogen) atoms. The number of benzene rings is 1. The van der Waals surface area contributed by atoms with Crippen LogP contribution in [0.2, 0.25) is 0 Å². The molecule has 3 atom stereocenters. The summed E-state index contributed by atoms with van der Waals surface area (Å²) < 4.78 is 26.7. The Morgan fingerprint density at radius 3 is 2.84 bits per heavy atom. The lowest BCUT2D eigenvalue weighted by Crippen LogP contribution is -2.22. The van der Waals surface area contributed by atoms with Gasteiger partial charge in [-0.15, -0.1) is 0 Å². The van der Waals surface area contributed by atoms with Crippen LogP contribution in [-0.2, 0) is 20.9 Å². The van der Waals surface area contributed by atoms with E-state index < -0.39 is 10.3 Å². The number of aromatic nitrogens is 2. The molecule has 1 fully saturated rings. The van der Waals surface area contributed by atoms with Crippen LogP contribution in [0.1, 0.15) is 35.2 Å². The number of ketones is 1. The Labute approximate surface area is 191 Å². The smallest absolute Gasteiger partial charge is 0.333 e. The minimum atomic E-state index is -3.94. The first kappa shape index (κ1) is 22.8. The maximum Gasteiger partial charge on any atom is 0.333 e. The highest BCUT2D eigenvalue weighted by molar-refractivity contribution is 8.16. The molecule has 0 bridgehead atoms. The van der Waals surface area contributed by atoms with E-state index in [9.17, 15) is 13.2 Å². The van der Waals surface area contributed by atoms with E-state index in [0.717, 1.165) is 19.3 Å². The minimum absolute atomic E-state index is 0.0505. The molecule has 2 heterocycles. The van der Waals surface area contributed by atoms with Crippen LogP contribution < -0.4 is 10.5 Å². The van der Waals surface area contributed by atoms with Gasteiger partial charge in [-0.25, -0.2) is 15.1 Å². The minimum Gasteiger partial charge on any atom is -0.367 e. The quantitative estimate of drug-likeness (QED) is 0.527. The standard InChI is InChI=1S/C21H25N5O4S2/c22-32(28,29)30-12-15-6-7-16(8-15)26-20-18(11-23-13-25-20)19(27)21-24-10-17(31-21)9-14-4-2-1-3-5-14/h1-5,11,13,15-17H,6-10,12H2,(H2,22,28,29)(H,23,25,26)/t15-,16+,17?/m1/s1. The first-order chi connectivity index (χ1) is 15.4. The number of thioether (sulfide) groups is 1. The molecular formula is C21H25N5O4S2. The third-order valence-electron chi connectivity index (χ3n) is 5.52. The largest absolute Gasteiger partial charge is 0.367 e. The average Bonchev–Trinajstić information content (AvgIpc) is 3.42. The molecular weight excluding hydrogens is 450 g/mol. The summed E-state index contributed by atoms with van der Waals surface area (Å²) in [5.41, 5.74) is 1.62. The molecule has 170 valence electrons. The van der Waals surface area contributed by atoms with E-state index in [2.05, 4.69) is 32.4 Å². The molecule has 3 N–H and O–H groups in total. The van der Waals surface area contributed by atoms with E-state index in [1.54, 1.807) is 0 Å².